The normalized spacial score (nSPS) is 17.3. The molecule has 0 aromatic rings. The molecule has 0 aromatic carbocycles. The molecule has 0 N–H and O–H groups in total. The Balaban J connectivity index is 2.27. The Morgan fingerprint density at radius 1 is 0.882 bits per heavy atom. The van der Waals surface area contributed by atoms with Gasteiger partial charge in [0.2, 0.25) is 0 Å². The van der Waals surface area contributed by atoms with Crippen molar-refractivity contribution in [2.75, 3.05) is 13.2 Å². The molecule has 0 atom stereocenters. The van der Waals surface area contributed by atoms with Gasteiger partial charge in [-0.15, -0.1) is 0 Å². The van der Waals surface area contributed by atoms with Gasteiger partial charge in [0.1, 0.15) is 0 Å². The number of rotatable bonds is 9. The van der Waals surface area contributed by atoms with Gasteiger partial charge in [-0.2, -0.15) is 0 Å². The fraction of sp³-hybridized carbons (Fsp3) is 1.00. The lowest BCUT2D eigenvalue weighted by Gasteiger charge is -2.26. The van der Waals surface area contributed by atoms with Crippen LogP contribution in [0.15, 0.2) is 0 Å². The van der Waals surface area contributed by atoms with Crippen LogP contribution < -0.4 is 0 Å². The smallest absolute Gasteiger partial charge is 0.411 e. The zero-order valence-electron chi connectivity index (χ0n) is 11.7. The molecule has 100 valence electrons. The summed E-state index contributed by atoms with van der Waals surface area (Å²) in [6.07, 6.45) is 11.4. The molecular formula is C14H29BO2. The van der Waals surface area contributed by atoms with E-state index in [1.807, 2.05) is 0 Å². The lowest BCUT2D eigenvalue weighted by molar-refractivity contribution is 0.176. The number of unbranched alkanes of at least 4 members (excludes halogenated alkanes) is 2. The van der Waals surface area contributed by atoms with E-state index in [1.54, 1.807) is 0 Å². The lowest BCUT2D eigenvalue weighted by atomic mass is 9.64. The van der Waals surface area contributed by atoms with Gasteiger partial charge >= 0.3 is 7.12 Å². The summed E-state index contributed by atoms with van der Waals surface area (Å²) in [6.45, 7) is 6.14. The molecule has 0 saturated heterocycles. The Kier molecular flexibility index (Phi) is 8.81. The van der Waals surface area contributed by atoms with E-state index in [4.69, 9.17) is 9.31 Å². The minimum absolute atomic E-state index is 0.0772. The molecule has 1 aliphatic carbocycles. The van der Waals surface area contributed by atoms with Gasteiger partial charge in [0.15, 0.2) is 0 Å². The molecule has 3 heteroatoms. The quantitative estimate of drug-likeness (QED) is 0.438. The van der Waals surface area contributed by atoms with Crippen molar-refractivity contribution in [1.29, 1.82) is 0 Å². The average molecular weight is 240 g/mol. The predicted octanol–water partition coefficient (Wildman–Crippen LogP) is 4.44. The molecule has 0 aromatic heterocycles. The van der Waals surface area contributed by atoms with E-state index in [1.165, 1.54) is 44.9 Å². The molecule has 0 amide bonds. The summed E-state index contributed by atoms with van der Waals surface area (Å²) < 4.78 is 11.9. The Bertz CT molecular complexity index is 160. The van der Waals surface area contributed by atoms with E-state index in [9.17, 15) is 0 Å². The molecule has 0 aliphatic heterocycles. The summed E-state index contributed by atoms with van der Waals surface area (Å²) in [5.41, 5.74) is 0. The van der Waals surface area contributed by atoms with Crippen LogP contribution >= 0.6 is 0 Å². The summed E-state index contributed by atoms with van der Waals surface area (Å²) >= 11 is 0. The molecule has 0 bridgehead atoms. The monoisotopic (exact) mass is 240 g/mol. The van der Waals surface area contributed by atoms with Crippen LogP contribution in [0.3, 0.4) is 0 Å². The van der Waals surface area contributed by atoms with Gasteiger partial charge in [0, 0.05) is 13.2 Å². The fourth-order valence-electron chi connectivity index (χ4n) is 2.41. The number of hydrogen-bond acceptors (Lipinski definition) is 2. The molecule has 0 heterocycles. The van der Waals surface area contributed by atoms with Crippen molar-refractivity contribution >= 4 is 7.12 Å². The van der Waals surface area contributed by atoms with Crippen molar-refractivity contribution in [3.8, 4) is 0 Å². The summed E-state index contributed by atoms with van der Waals surface area (Å²) in [4.78, 5) is 0. The molecule has 0 unspecified atom stereocenters. The van der Waals surface area contributed by atoms with Gasteiger partial charge in [-0.1, -0.05) is 58.8 Å². The van der Waals surface area contributed by atoms with E-state index in [2.05, 4.69) is 13.8 Å². The van der Waals surface area contributed by atoms with Crippen LogP contribution in [0.5, 0.6) is 0 Å². The van der Waals surface area contributed by atoms with E-state index in [-0.39, 0.29) is 7.12 Å². The van der Waals surface area contributed by atoms with Crippen LogP contribution in [-0.4, -0.2) is 20.3 Å². The average Bonchev–Trinajstić information content (AvgIpc) is 2.38. The first-order valence-electron chi connectivity index (χ1n) is 7.61. The van der Waals surface area contributed by atoms with Gasteiger partial charge in [0.05, 0.1) is 0 Å². The molecule has 17 heavy (non-hydrogen) atoms. The van der Waals surface area contributed by atoms with Crippen molar-refractivity contribution in [3.63, 3.8) is 0 Å². The first-order valence-corrected chi connectivity index (χ1v) is 7.61. The van der Waals surface area contributed by atoms with Crippen LogP contribution in [0.4, 0.5) is 0 Å². The van der Waals surface area contributed by atoms with Crippen LogP contribution in [-0.2, 0) is 9.31 Å². The maximum absolute atomic E-state index is 5.95. The zero-order valence-corrected chi connectivity index (χ0v) is 11.7. The van der Waals surface area contributed by atoms with Crippen molar-refractivity contribution in [1.82, 2.24) is 0 Å². The highest BCUT2D eigenvalue weighted by atomic mass is 16.6. The van der Waals surface area contributed by atoms with Crippen molar-refractivity contribution in [3.05, 3.63) is 0 Å². The van der Waals surface area contributed by atoms with Crippen LogP contribution in [0, 0.1) is 0 Å². The molecule has 0 spiro atoms. The SMILES string of the molecule is CCCCOB(OCCCC)C1CCCCC1. The Morgan fingerprint density at radius 3 is 1.88 bits per heavy atom. The first-order chi connectivity index (χ1) is 8.38. The molecule has 1 rings (SSSR count). The molecule has 1 fully saturated rings. The van der Waals surface area contributed by atoms with E-state index >= 15 is 0 Å². The third kappa shape index (κ3) is 6.47. The molecule has 0 radical (unpaired) electrons. The minimum Gasteiger partial charge on any atom is -0.411 e. The maximum atomic E-state index is 5.95. The lowest BCUT2D eigenvalue weighted by Crippen LogP contribution is -2.31. The summed E-state index contributed by atoms with van der Waals surface area (Å²) in [6, 6.07) is 0. The molecule has 1 saturated carbocycles. The van der Waals surface area contributed by atoms with Gasteiger partial charge in [0.25, 0.3) is 0 Å². The first kappa shape index (κ1) is 15.0. The molecule has 1 aliphatic rings. The topological polar surface area (TPSA) is 18.5 Å². The highest BCUT2D eigenvalue weighted by Crippen LogP contribution is 2.32. The van der Waals surface area contributed by atoms with Crippen molar-refractivity contribution in [2.24, 2.45) is 0 Å². The van der Waals surface area contributed by atoms with E-state index < -0.39 is 0 Å². The van der Waals surface area contributed by atoms with Crippen LogP contribution in [0.2, 0.25) is 5.82 Å². The second-order valence-electron chi connectivity index (χ2n) is 5.22. The molecular weight excluding hydrogens is 211 g/mol. The summed E-state index contributed by atoms with van der Waals surface area (Å²) in [5, 5.41) is 0. The van der Waals surface area contributed by atoms with Gasteiger partial charge in [-0.25, -0.2) is 0 Å². The third-order valence-electron chi connectivity index (χ3n) is 3.59. The van der Waals surface area contributed by atoms with Crippen molar-refractivity contribution < 1.29 is 9.31 Å². The number of hydrogen-bond donors (Lipinski definition) is 0. The Hall–Kier alpha value is -0.0151. The van der Waals surface area contributed by atoms with Gasteiger partial charge in [-0.05, 0) is 18.7 Å². The zero-order chi connectivity index (χ0) is 12.3. The maximum Gasteiger partial charge on any atom is 0.460 e. The highest BCUT2D eigenvalue weighted by molar-refractivity contribution is 6.46. The predicted molar refractivity (Wildman–Crippen MR) is 74.3 cm³/mol. The van der Waals surface area contributed by atoms with Crippen LogP contribution in [0.25, 0.3) is 0 Å². The van der Waals surface area contributed by atoms with Crippen molar-refractivity contribution in [2.45, 2.75) is 77.5 Å². The third-order valence-corrected chi connectivity index (χ3v) is 3.59. The van der Waals surface area contributed by atoms with Gasteiger partial charge in [-0.3, -0.25) is 0 Å². The highest BCUT2D eigenvalue weighted by Gasteiger charge is 2.31. The molecule has 2 nitrogen and oxygen atoms in total. The van der Waals surface area contributed by atoms with E-state index in [0.717, 1.165) is 26.1 Å². The Labute approximate surface area is 108 Å². The minimum atomic E-state index is 0.0772. The second kappa shape index (κ2) is 9.96. The largest absolute Gasteiger partial charge is 0.460 e. The Morgan fingerprint density at radius 2 is 1.41 bits per heavy atom. The standard InChI is InChI=1S/C14H29BO2/c1-3-5-12-16-15(17-13-6-4-2)14-10-8-7-9-11-14/h14H,3-13H2,1-2H3. The van der Waals surface area contributed by atoms with Crippen LogP contribution in [0.1, 0.15) is 71.6 Å². The van der Waals surface area contributed by atoms with E-state index in [0.29, 0.717) is 5.82 Å². The second-order valence-corrected chi connectivity index (χ2v) is 5.22. The summed E-state index contributed by atoms with van der Waals surface area (Å²) in [5.74, 6) is 0.650. The summed E-state index contributed by atoms with van der Waals surface area (Å²) in [7, 11) is 0.0772. The van der Waals surface area contributed by atoms with Gasteiger partial charge < -0.3 is 9.31 Å². The fourth-order valence-corrected chi connectivity index (χ4v) is 2.41.